The molecule has 3 rings (SSSR count). The average molecular weight is 429 g/mol. The van der Waals surface area contributed by atoms with E-state index in [9.17, 15) is 18.0 Å². The Hall–Kier alpha value is -2.38. The van der Waals surface area contributed by atoms with E-state index in [0.717, 1.165) is 28.0 Å². The van der Waals surface area contributed by atoms with Gasteiger partial charge in [0.1, 0.15) is 4.83 Å². The zero-order valence-electron chi connectivity index (χ0n) is 14.6. The van der Waals surface area contributed by atoms with Gasteiger partial charge in [0.25, 0.3) is 5.56 Å². The van der Waals surface area contributed by atoms with E-state index in [1.165, 1.54) is 22.2 Å². The van der Waals surface area contributed by atoms with Crippen LogP contribution in [0.15, 0.2) is 11.1 Å². The van der Waals surface area contributed by atoms with Crippen LogP contribution in [0.5, 0.6) is 0 Å². The fourth-order valence-corrected chi connectivity index (χ4v) is 4.78. The van der Waals surface area contributed by atoms with E-state index in [1.54, 1.807) is 0 Å². The molecule has 0 radical (unpaired) electrons. The normalized spacial score (nSPS) is 11.7. The fourth-order valence-electron chi connectivity index (χ4n) is 2.31. The summed E-state index contributed by atoms with van der Waals surface area (Å²) >= 11 is 2.36. The number of amides is 1. The molecule has 0 aromatic carbocycles. The summed E-state index contributed by atoms with van der Waals surface area (Å²) in [4.78, 5) is 30.7. The topological polar surface area (TPSA) is 136 Å². The number of aryl methyl sites for hydroxylation is 3. The maximum atomic E-state index is 12.6. The van der Waals surface area contributed by atoms with Gasteiger partial charge in [0.15, 0.2) is 0 Å². The predicted octanol–water partition coefficient (Wildman–Crippen LogP) is 1.33. The zero-order chi connectivity index (χ0) is 19.8. The Balaban J connectivity index is 1.66. The van der Waals surface area contributed by atoms with Crippen LogP contribution in [0, 0.1) is 13.8 Å². The second-order valence-corrected chi connectivity index (χ2v) is 9.72. The molecule has 10 nitrogen and oxygen atoms in total. The Bertz CT molecular complexity index is 1180. The lowest BCUT2D eigenvalue weighted by Crippen LogP contribution is -2.23. The van der Waals surface area contributed by atoms with Crippen LogP contribution in [-0.2, 0) is 21.4 Å². The van der Waals surface area contributed by atoms with Crippen molar-refractivity contribution in [3.8, 4) is 0 Å². The minimum Gasteiger partial charge on any atom is -0.300 e. The Labute approximate surface area is 162 Å². The quantitative estimate of drug-likeness (QED) is 0.604. The highest BCUT2D eigenvalue weighted by molar-refractivity contribution is 7.92. The molecule has 0 aliphatic carbocycles. The molecule has 3 aromatic rings. The monoisotopic (exact) mass is 428 g/mol. The van der Waals surface area contributed by atoms with Gasteiger partial charge in [-0.2, -0.15) is 0 Å². The van der Waals surface area contributed by atoms with Gasteiger partial charge in [0.2, 0.25) is 26.2 Å². The summed E-state index contributed by atoms with van der Waals surface area (Å²) in [7, 11) is -3.46. The third-order valence-electron chi connectivity index (χ3n) is 3.68. The van der Waals surface area contributed by atoms with Crippen molar-refractivity contribution >= 4 is 59.1 Å². The van der Waals surface area contributed by atoms with Crippen LogP contribution in [0.1, 0.15) is 16.9 Å². The van der Waals surface area contributed by atoms with Crippen molar-refractivity contribution < 1.29 is 13.2 Å². The van der Waals surface area contributed by atoms with Crippen LogP contribution < -0.4 is 15.6 Å². The second kappa shape index (κ2) is 7.32. The highest BCUT2D eigenvalue weighted by Gasteiger charge is 2.14. The average Bonchev–Trinajstić information content (AvgIpc) is 3.10. The molecular formula is C14H16N6O4S3. The number of hydrogen-bond donors (Lipinski definition) is 2. The number of sulfonamides is 1. The smallest absolute Gasteiger partial charge is 0.262 e. The summed E-state index contributed by atoms with van der Waals surface area (Å²) in [5.74, 6) is -0.373. The van der Waals surface area contributed by atoms with Crippen LogP contribution in [0.25, 0.3) is 10.2 Å². The molecule has 0 fully saturated rings. The molecule has 1 amide bonds. The number of anilines is 2. The van der Waals surface area contributed by atoms with E-state index in [4.69, 9.17) is 0 Å². The largest absolute Gasteiger partial charge is 0.300 e. The van der Waals surface area contributed by atoms with Gasteiger partial charge < -0.3 is 5.32 Å². The number of carbonyl (C=O) groups excluding carboxylic acids is 1. The first-order chi connectivity index (χ1) is 12.6. The van der Waals surface area contributed by atoms with Gasteiger partial charge in [-0.05, 0) is 19.4 Å². The van der Waals surface area contributed by atoms with E-state index < -0.39 is 10.0 Å². The number of hydrogen-bond acceptors (Lipinski definition) is 9. The van der Waals surface area contributed by atoms with Crippen LogP contribution >= 0.6 is 22.7 Å². The molecule has 27 heavy (non-hydrogen) atoms. The molecule has 13 heteroatoms. The Kier molecular flexibility index (Phi) is 5.26. The van der Waals surface area contributed by atoms with Crippen LogP contribution in [0.3, 0.4) is 0 Å². The summed E-state index contributed by atoms with van der Waals surface area (Å²) in [5.41, 5.74) is 0.733. The highest BCUT2D eigenvalue weighted by atomic mass is 32.2. The van der Waals surface area contributed by atoms with Crippen LogP contribution in [0.4, 0.5) is 10.3 Å². The van der Waals surface area contributed by atoms with Gasteiger partial charge >= 0.3 is 0 Å². The third kappa shape index (κ3) is 4.48. The third-order valence-corrected chi connectivity index (χ3v) is 6.24. The second-order valence-electron chi connectivity index (χ2n) is 5.79. The van der Waals surface area contributed by atoms with Gasteiger partial charge in [0, 0.05) is 17.8 Å². The Morgan fingerprint density at radius 3 is 2.63 bits per heavy atom. The first-order valence-corrected chi connectivity index (χ1v) is 11.2. The molecule has 0 saturated carbocycles. The van der Waals surface area contributed by atoms with Gasteiger partial charge in [-0.25, -0.2) is 13.4 Å². The molecular weight excluding hydrogens is 412 g/mol. The van der Waals surface area contributed by atoms with Crippen LogP contribution in [0.2, 0.25) is 0 Å². The molecule has 144 valence electrons. The Morgan fingerprint density at radius 1 is 1.22 bits per heavy atom. The standard InChI is InChI=1S/C14H16N6O4S3/c1-7-8(2)25-11-10(7)12(22)20(6-15-11)5-4-9(21)16-13-17-18-14(26-13)19-27(3,23)24/h6H,4-5H2,1-3H3,(H,18,19)(H,16,17,21). The minimum absolute atomic E-state index is 0.0314. The van der Waals surface area contributed by atoms with E-state index in [1.807, 2.05) is 13.8 Å². The summed E-state index contributed by atoms with van der Waals surface area (Å²) in [6.45, 7) is 3.98. The van der Waals surface area contributed by atoms with Gasteiger partial charge in [-0.1, -0.05) is 11.3 Å². The number of nitrogens with zero attached hydrogens (tertiary/aromatic N) is 4. The summed E-state index contributed by atoms with van der Waals surface area (Å²) in [6.07, 6.45) is 2.46. The van der Waals surface area contributed by atoms with Crippen molar-refractivity contribution in [3.05, 3.63) is 27.1 Å². The lowest BCUT2D eigenvalue weighted by atomic mass is 10.2. The first kappa shape index (κ1) is 19.4. The van der Waals surface area contributed by atoms with Crippen molar-refractivity contribution in [3.63, 3.8) is 0 Å². The van der Waals surface area contributed by atoms with E-state index in [-0.39, 0.29) is 34.7 Å². The van der Waals surface area contributed by atoms with Crippen molar-refractivity contribution in [1.29, 1.82) is 0 Å². The molecule has 0 aliphatic rings. The van der Waals surface area contributed by atoms with Gasteiger partial charge in [-0.15, -0.1) is 21.5 Å². The summed E-state index contributed by atoms with van der Waals surface area (Å²) in [6, 6.07) is 0. The van der Waals surface area contributed by atoms with Crippen molar-refractivity contribution in [2.45, 2.75) is 26.8 Å². The zero-order valence-corrected chi connectivity index (χ0v) is 17.1. The summed E-state index contributed by atoms with van der Waals surface area (Å²) < 4.78 is 25.9. The van der Waals surface area contributed by atoms with Crippen molar-refractivity contribution in [2.24, 2.45) is 0 Å². The highest BCUT2D eigenvalue weighted by Crippen LogP contribution is 2.25. The molecule has 0 aliphatic heterocycles. The maximum Gasteiger partial charge on any atom is 0.262 e. The predicted molar refractivity (Wildman–Crippen MR) is 105 cm³/mol. The van der Waals surface area contributed by atoms with Gasteiger partial charge in [0.05, 0.1) is 18.0 Å². The van der Waals surface area contributed by atoms with Crippen molar-refractivity contribution in [2.75, 3.05) is 16.3 Å². The lowest BCUT2D eigenvalue weighted by molar-refractivity contribution is -0.116. The van der Waals surface area contributed by atoms with E-state index in [2.05, 4.69) is 25.2 Å². The molecule has 0 saturated heterocycles. The lowest BCUT2D eigenvalue weighted by Gasteiger charge is -2.05. The number of thiophene rings is 1. The number of fused-ring (bicyclic) bond motifs is 1. The summed E-state index contributed by atoms with van der Waals surface area (Å²) in [5, 5.41) is 10.7. The number of rotatable bonds is 6. The van der Waals surface area contributed by atoms with Crippen LogP contribution in [-0.4, -0.2) is 40.3 Å². The molecule has 3 aromatic heterocycles. The molecule has 3 heterocycles. The number of aromatic nitrogens is 4. The first-order valence-electron chi connectivity index (χ1n) is 7.70. The van der Waals surface area contributed by atoms with Gasteiger partial charge in [-0.3, -0.25) is 18.9 Å². The fraction of sp³-hybridized carbons (Fsp3) is 0.357. The molecule has 0 bridgehead atoms. The number of nitrogens with one attached hydrogen (secondary N) is 2. The van der Waals surface area contributed by atoms with E-state index in [0.29, 0.717) is 10.2 Å². The SMILES string of the molecule is Cc1sc2ncn(CCC(=O)Nc3nnc(NS(C)(=O)=O)s3)c(=O)c2c1C. The molecule has 0 spiro atoms. The molecule has 2 N–H and O–H groups in total. The van der Waals surface area contributed by atoms with Crippen molar-refractivity contribution in [1.82, 2.24) is 19.7 Å². The number of carbonyl (C=O) groups is 1. The maximum absolute atomic E-state index is 12.6. The Morgan fingerprint density at radius 2 is 1.93 bits per heavy atom. The molecule has 0 atom stereocenters. The minimum atomic E-state index is -3.46. The molecule has 0 unspecified atom stereocenters. The van der Waals surface area contributed by atoms with E-state index >= 15 is 0 Å².